The standard InChI is InChI=1S/C12H14F2N4O3/c1-4-20-11(19)8-5-15-18(7(8)3)9-6(2)10(17-16-9)21-12(13)14/h5,12H,4H2,1-3H3,(H,16,17). The van der Waals surface area contributed by atoms with Crippen LogP contribution >= 0.6 is 0 Å². The molecule has 0 unspecified atom stereocenters. The van der Waals surface area contributed by atoms with Crippen molar-refractivity contribution >= 4 is 5.97 Å². The molecule has 0 aliphatic carbocycles. The number of esters is 1. The average Bonchev–Trinajstić information content (AvgIpc) is 2.94. The minimum absolute atomic E-state index is 0.215. The van der Waals surface area contributed by atoms with Gasteiger partial charge in [-0.25, -0.2) is 9.48 Å². The number of hydrogen-bond donors (Lipinski definition) is 1. The molecule has 1 N–H and O–H groups in total. The zero-order chi connectivity index (χ0) is 15.6. The predicted octanol–water partition coefficient (Wildman–Crippen LogP) is 1.99. The lowest BCUT2D eigenvalue weighted by Gasteiger charge is -2.05. The van der Waals surface area contributed by atoms with Gasteiger partial charge in [0, 0.05) is 0 Å². The Kier molecular flexibility index (Phi) is 4.20. The lowest BCUT2D eigenvalue weighted by Crippen LogP contribution is -2.07. The van der Waals surface area contributed by atoms with Gasteiger partial charge >= 0.3 is 12.6 Å². The molecule has 0 saturated heterocycles. The third-order valence-corrected chi connectivity index (χ3v) is 2.86. The maximum Gasteiger partial charge on any atom is 0.388 e. The first-order valence-corrected chi connectivity index (χ1v) is 6.17. The third-order valence-electron chi connectivity index (χ3n) is 2.86. The van der Waals surface area contributed by atoms with Gasteiger partial charge in [-0.1, -0.05) is 0 Å². The van der Waals surface area contributed by atoms with Gasteiger partial charge in [0.25, 0.3) is 0 Å². The first-order valence-electron chi connectivity index (χ1n) is 6.17. The number of aromatic amines is 1. The Labute approximate surface area is 118 Å². The molecule has 0 fully saturated rings. The van der Waals surface area contributed by atoms with Crippen LogP contribution in [0.5, 0.6) is 5.88 Å². The molecule has 114 valence electrons. The van der Waals surface area contributed by atoms with Crippen LogP contribution in [-0.2, 0) is 4.74 Å². The number of rotatable bonds is 5. The van der Waals surface area contributed by atoms with Crippen LogP contribution < -0.4 is 4.74 Å². The van der Waals surface area contributed by atoms with E-state index in [1.807, 2.05) is 0 Å². The van der Waals surface area contributed by atoms with Crippen molar-refractivity contribution in [2.24, 2.45) is 0 Å². The van der Waals surface area contributed by atoms with Gasteiger partial charge < -0.3 is 9.47 Å². The van der Waals surface area contributed by atoms with Crippen LogP contribution in [0.15, 0.2) is 6.20 Å². The van der Waals surface area contributed by atoms with E-state index in [9.17, 15) is 13.6 Å². The second-order valence-electron chi connectivity index (χ2n) is 4.16. The van der Waals surface area contributed by atoms with E-state index in [-0.39, 0.29) is 12.5 Å². The molecule has 0 aliphatic rings. The Hall–Kier alpha value is -2.45. The summed E-state index contributed by atoms with van der Waals surface area (Å²) in [6, 6.07) is 0. The van der Waals surface area contributed by atoms with Crippen molar-refractivity contribution in [2.45, 2.75) is 27.4 Å². The van der Waals surface area contributed by atoms with E-state index < -0.39 is 12.6 Å². The molecule has 2 aromatic rings. The van der Waals surface area contributed by atoms with Crippen LogP contribution in [0.1, 0.15) is 28.5 Å². The van der Waals surface area contributed by atoms with Crippen molar-refractivity contribution in [3.8, 4) is 11.7 Å². The van der Waals surface area contributed by atoms with Gasteiger partial charge in [0.1, 0.15) is 5.56 Å². The van der Waals surface area contributed by atoms with Gasteiger partial charge in [-0.2, -0.15) is 13.9 Å². The Morgan fingerprint density at radius 2 is 2.19 bits per heavy atom. The number of nitrogens with one attached hydrogen (secondary N) is 1. The Bertz CT molecular complexity index is 651. The fraction of sp³-hybridized carbons (Fsp3) is 0.417. The fourth-order valence-corrected chi connectivity index (χ4v) is 1.82. The number of hydrogen-bond acceptors (Lipinski definition) is 5. The minimum atomic E-state index is -2.96. The summed E-state index contributed by atoms with van der Waals surface area (Å²) >= 11 is 0. The van der Waals surface area contributed by atoms with Crippen LogP contribution in [-0.4, -0.2) is 39.2 Å². The van der Waals surface area contributed by atoms with Gasteiger partial charge in [0.05, 0.1) is 24.1 Å². The Morgan fingerprint density at radius 3 is 2.81 bits per heavy atom. The Balaban J connectivity index is 2.35. The number of ether oxygens (including phenoxy) is 2. The average molecular weight is 300 g/mol. The van der Waals surface area contributed by atoms with Crippen molar-refractivity contribution in [3.05, 3.63) is 23.0 Å². The molecule has 2 aromatic heterocycles. The number of carbonyl (C=O) groups is 1. The van der Waals surface area contributed by atoms with Gasteiger partial charge in [-0.3, -0.25) is 5.10 Å². The summed E-state index contributed by atoms with van der Waals surface area (Å²) in [7, 11) is 0. The molecule has 0 aromatic carbocycles. The maximum absolute atomic E-state index is 12.2. The quantitative estimate of drug-likeness (QED) is 0.854. The number of H-pyrrole nitrogens is 1. The molecule has 0 saturated carbocycles. The summed E-state index contributed by atoms with van der Waals surface area (Å²) in [4.78, 5) is 11.7. The Morgan fingerprint density at radius 1 is 1.48 bits per heavy atom. The lowest BCUT2D eigenvalue weighted by molar-refractivity contribution is -0.0533. The number of nitrogens with zero attached hydrogens (tertiary/aromatic N) is 3. The van der Waals surface area contributed by atoms with E-state index in [0.717, 1.165) is 0 Å². The van der Waals surface area contributed by atoms with E-state index in [2.05, 4.69) is 20.0 Å². The third kappa shape index (κ3) is 2.86. The van der Waals surface area contributed by atoms with Gasteiger partial charge in [-0.15, -0.1) is 5.10 Å². The van der Waals surface area contributed by atoms with E-state index in [0.29, 0.717) is 22.6 Å². The molecule has 0 atom stereocenters. The number of carbonyl (C=O) groups excluding carboxylic acids is 1. The molecule has 0 aliphatic heterocycles. The van der Waals surface area contributed by atoms with E-state index in [1.54, 1.807) is 20.8 Å². The molecule has 21 heavy (non-hydrogen) atoms. The largest absolute Gasteiger partial charge is 0.462 e. The smallest absolute Gasteiger partial charge is 0.388 e. The molecule has 0 amide bonds. The predicted molar refractivity (Wildman–Crippen MR) is 67.8 cm³/mol. The van der Waals surface area contributed by atoms with E-state index in [1.165, 1.54) is 10.9 Å². The van der Waals surface area contributed by atoms with Gasteiger partial charge in [0.2, 0.25) is 5.88 Å². The van der Waals surface area contributed by atoms with Crippen molar-refractivity contribution in [1.82, 2.24) is 20.0 Å². The van der Waals surface area contributed by atoms with Crippen molar-refractivity contribution < 1.29 is 23.0 Å². The molecular weight excluding hydrogens is 286 g/mol. The van der Waals surface area contributed by atoms with E-state index >= 15 is 0 Å². The van der Waals surface area contributed by atoms with Crippen molar-refractivity contribution in [2.75, 3.05) is 6.61 Å². The van der Waals surface area contributed by atoms with E-state index in [4.69, 9.17) is 4.74 Å². The van der Waals surface area contributed by atoms with Gasteiger partial charge in [-0.05, 0) is 20.8 Å². The molecule has 0 radical (unpaired) electrons. The first kappa shape index (κ1) is 14.9. The summed E-state index contributed by atoms with van der Waals surface area (Å²) in [5, 5.41) is 10.3. The number of alkyl halides is 2. The summed E-state index contributed by atoms with van der Waals surface area (Å²) in [5.74, 6) is -0.367. The highest BCUT2D eigenvalue weighted by molar-refractivity contribution is 5.90. The summed E-state index contributed by atoms with van der Waals surface area (Å²) in [5.41, 5.74) is 1.16. The molecular formula is C12H14F2N4O3. The van der Waals surface area contributed by atoms with Crippen LogP contribution in [0.25, 0.3) is 5.82 Å². The molecule has 2 heterocycles. The second kappa shape index (κ2) is 5.90. The monoisotopic (exact) mass is 300 g/mol. The molecule has 9 heteroatoms. The molecule has 0 bridgehead atoms. The molecule has 0 spiro atoms. The van der Waals surface area contributed by atoms with Crippen LogP contribution in [0.4, 0.5) is 8.78 Å². The summed E-state index contributed by atoms with van der Waals surface area (Å²) in [6.45, 7) is 2.20. The SMILES string of the molecule is CCOC(=O)c1cnn(-c2[nH]nc(OC(F)F)c2C)c1C. The highest BCUT2D eigenvalue weighted by Gasteiger charge is 2.21. The molecule has 7 nitrogen and oxygen atoms in total. The minimum Gasteiger partial charge on any atom is -0.462 e. The van der Waals surface area contributed by atoms with Crippen LogP contribution in [0, 0.1) is 13.8 Å². The maximum atomic E-state index is 12.2. The normalized spacial score (nSPS) is 11.0. The number of aromatic nitrogens is 4. The summed E-state index contributed by atoms with van der Waals surface area (Å²) in [6.07, 6.45) is 1.35. The van der Waals surface area contributed by atoms with Crippen LogP contribution in [0.3, 0.4) is 0 Å². The highest BCUT2D eigenvalue weighted by atomic mass is 19.3. The first-order chi connectivity index (χ1) is 9.95. The zero-order valence-electron chi connectivity index (χ0n) is 11.7. The second-order valence-corrected chi connectivity index (χ2v) is 4.16. The summed E-state index contributed by atoms with van der Waals surface area (Å²) < 4.78 is 35.0. The zero-order valence-corrected chi connectivity index (χ0v) is 11.7. The number of halogens is 2. The van der Waals surface area contributed by atoms with Crippen molar-refractivity contribution in [3.63, 3.8) is 0 Å². The van der Waals surface area contributed by atoms with Crippen LogP contribution in [0.2, 0.25) is 0 Å². The topological polar surface area (TPSA) is 82.0 Å². The lowest BCUT2D eigenvalue weighted by atomic mass is 10.2. The fourth-order valence-electron chi connectivity index (χ4n) is 1.82. The van der Waals surface area contributed by atoms with Crippen molar-refractivity contribution in [1.29, 1.82) is 0 Å². The van der Waals surface area contributed by atoms with Gasteiger partial charge in [0.15, 0.2) is 5.82 Å². The molecule has 2 rings (SSSR count). The highest BCUT2D eigenvalue weighted by Crippen LogP contribution is 2.24.